The molecule has 1 unspecified atom stereocenters. The van der Waals surface area contributed by atoms with E-state index >= 15 is 0 Å². The highest BCUT2D eigenvalue weighted by Crippen LogP contribution is 2.41. The molecule has 0 aromatic heterocycles. The Morgan fingerprint density at radius 3 is 2.70 bits per heavy atom. The van der Waals surface area contributed by atoms with E-state index in [1.54, 1.807) is 6.07 Å². The number of ether oxygens (including phenoxy) is 2. The van der Waals surface area contributed by atoms with Crippen molar-refractivity contribution in [2.75, 3.05) is 26.3 Å². The van der Waals surface area contributed by atoms with Crippen LogP contribution in [0.5, 0.6) is 11.5 Å². The second kappa shape index (κ2) is 5.82. The molecule has 1 fully saturated rings. The van der Waals surface area contributed by atoms with Gasteiger partial charge in [0.1, 0.15) is 18.6 Å². The van der Waals surface area contributed by atoms with Gasteiger partial charge in [-0.3, -0.25) is 4.79 Å². The number of rotatable bonds is 2. The van der Waals surface area contributed by atoms with E-state index in [1.165, 1.54) is 0 Å². The summed E-state index contributed by atoms with van der Waals surface area (Å²) in [7, 11) is 0. The summed E-state index contributed by atoms with van der Waals surface area (Å²) in [6, 6.07) is 3.63. The number of hydrogen-bond acceptors (Lipinski definition) is 3. The molecule has 1 saturated heterocycles. The van der Waals surface area contributed by atoms with Crippen LogP contribution in [0.1, 0.15) is 23.8 Å². The van der Waals surface area contributed by atoms with Gasteiger partial charge in [-0.05, 0) is 46.5 Å². The van der Waals surface area contributed by atoms with Crippen LogP contribution in [0.4, 0.5) is 0 Å². The Balaban J connectivity index is 1.85. The van der Waals surface area contributed by atoms with Gasteiger partial charge in [-0.2, -0.15) is 0 Å². The number of benzene rings is 1. The maximum absolute atomic E-state index is 12.3. The van der Waals surface area contributed by atoms with Crippen LogP contribution < -0.4 is 9.47 Å². The van der Waals surface area contributed by atoms with Gasteiger partial charge in [0.2, 0.25) is 5.91 Å². The van der Waals surface area contributed by atoms with Gasteiger partial charge in [0.05, 0.1) is 4.47 Å². The topological polar surface area (TPSA) is 38.8 Å². The summed E-state index contributed by atoms with van der Waals surface area (Å²) in [5, 5.41) is -0.680. The van der Waals surface area contributed by atoms with Gasteiger partial charge >= 0.3 is 0 Å². The summed E-state index contributed by atoms with van der Waals surface area (Å²) in [5.41, 5.74) is 0.736. The van der Waals surface area contributed by atoms with E-state index in [-0.39, 0.29) is 5.91 Å². The van der Waals surface area contributed by atoms with Gasteiger partial charge in [0, 0.05) is 13.1 Å². The average molecular weight is 361 g/mol. The molecule has 2 aliphatic rings. The van der Waals surface area contributed by atoms with Crippen molar-refractivity contribution in [1.82, 2.24) is 4.90 Å². The van der Waals surface area contributed by atoms with Crippen LogP contribution in [-0.2, 0) is 4.79 Å². The molecule has 0 saturated carbocycles. The first-order valence-corrected chi connectivity index (χ1v) is 7.91. The van der Waals surface area contributed by atoms with Crippen LogP contribution in [0.3, 0.4) is 0 Å². The number of amides is 1. The molecule has 0 aliphatic carbocycles. The molecule has 20 heavy (non-hydrogen) atoms. The molecule has 108 valence electrons. The highest BCUT2D eigenvalue weighted by Gasteiger charge is 2.28. The number of carbonyl (C=O) groups is 1. The van der Waals surface area contributed by atoms with Crippen molar-refractivity contribution >= 4 is 33.4 Å². The summed E-state index contributed by atoms with van der Waals surface area (Å²) < 4.78 is 11.9. The van der Waals surface area contributed by atoms with Crippen LogP contribution in [0.15, 0.2) is 16.6 Å². The van der Waals surface area contributed by atoms with Crippen molar-refractivity contribution in [3.05, 3.63) is 22.2 Å². The molecule has 1 aromatic rings. The number of nitrogens with zero attached hydrogens (tertiary/aromatic N) is 1. The number of fused-ring (bicyclic) bond motifs is 1. The quantitative estimate of drug-likeness (QED) is 0.761. The van der Waals surface area contributed by atoms with E-state index in [0.717, 1.165) is 36.0 Å². The maximum Gasteiger partial charge on any atom is 0.245 e. The second-order valence-electron chi connectivity index (χ2n) is 4.92. The summed E-state index contributed by atoms with van der Waals surface area (Å²) >= 11 is 9.79. The van der Waals surface area contributed by atoms with E-state index in [9.17, 15) is 4.79 Å². The molecule has 0 spiro atoms. The third kappa shape index (κ3) is 2.61. The van der Waals surface area contributed by atoms with Crippen molar-refractivity contribution in [1.29, 1.82) is 0 Å². The molecule has 1 atom stereocenters. The monoisotopic (exact) mass is 359 g/mol. The molecule has 0 bridgehead atoms. The smallest absolute Gasteiger partial charge is 0.245 e. The number of likely N-dealkylation sites (tertiary alicyclic amines) is 1. The van der Waals surface area contributed by atoms with E-state index in [1.807, 2.05) is 11.0 Å². The maximum atomic E-state index is 12.3. The first kappa shape index (κ1) is 14.0. The lowest BCUT2D eigenvalue weighted by Gasteiger charge is -2.23. The minimum absolute atomic E-state index is 0.0345. The lowest BCUT2D eigenvalue weighted by Crippen LogP contribution is -2.30. The van der Waals surface area contributed by atoms with E-state index in [2.05, 4.69) is 15.9 Å². The Kier molecular flexibility index (Phi) is 4.08. The highest BCUT2D eigenvalue weighted by atomic mass is 79.9. The first-order chi connectivity index (χ1) is 9.66. The van der Waals surface area contributed by atoms with Crippen LogP contribution in [0.25, 0.3) is 0 Å². The molecule has 0 N–H and O–H groups in total. The van der Waals surface area contributed by atoms with Crippen molar-refractivity contribution in [3.63, 3.8) is 0 Å². The van der Waals surface area contributed by atoms with Crippen molar-refractivity contribution < 1.29 is 14.3 Å². The molecule has 3 rings (SSSR count). The largest absolute Gasteiger partial charge is 0.486 e. The van der Waals surface area contributed by atoms with Crippen molar-refractivity contribution in [3.8, 4) is 11.5 Å². The zero-order valence-electron chi connectivity index (χ0n) is 10.9. The fourth-order valence-corrected chi connectivity index (χ4v) is 3.36. The van der Waals surface area contributed by atoms with E-state index in [4.69, 9.17) is 21.1 Å². The molecular formula is C14H15BrClNO3. The Hall–Kier alpha value is -0.940. The molecule has 1 aromatic carbocycles. The zero-order chi connectivity index (χ0) is 14.1. The molecule has 4 nitrogen and oxygen atoms in total. The predicted octanol–water partition coefficient (Wildman–Crippen LogP) is 3.12. The lowest BCUT2D eigenvalue weighted by atomic mass is 10.1. The van der Waals surface area contributed by atoms with E-state index < -0.39 is 5.38 Å². The average Bonchev–Trinajstić information content (AvgIpc) is 3.00. The Bertz CT molecular complexity index is 531. The molecule has 1 amide bonds. The molecule has 2 heterocycles. The van der Waals surface area contributed by atoms with Gasteiger partial charge in [-0.1, -0.05) is 0 Å². The number of halogens is 2. The summed E-state index contributed by atoms with van der Waals surface area (Å²) in [6.07, 6.45) is 2.11. The van der Waals surface area contributed by atoms with Gasteiger partial charge in [0.25, 0.3) is 0 Å². The normalized spacial score (nSPS) is 19.0. The van der Waals surface area contributed by atoms with Crippen LogP contribution in [-0.4, -0.2) is 37.1 Å². The summed E-state index contributed by atoms with van der Waals surface area (Å²) in [5.74, 6) is 1.28. The molecule has 0 radical (unpaired) electrons. The van der Waals surface area contributed by atoms with Crippen molar-refractivity contribution in [2.45, 2.75) is 18.2 Å². The summed E-state index contributed by atoms with van der Waals surface area (Å²) in [6.45, 7) is 2.64. The van der Waals surface area contributed by atoms with Gasteiger partial charge in [-0.15, -0.1) is 11.6 Å². The minimum atomic E-state index is -0.680. The van der Waals surface area contributed by atoms with Gasteiger partial charge < -0.3 is 14.4 Å². The Morgan fingerprint density at radius 1 is 1.25 bits per heavy atom. The number of hydrogen-bond donors (Lipinski definition) is 0. The molecule has 6 heteroatoms. The van der Waals surface area contributed by atoms with E-state index in [0.29, 0.717) is 24.7 Å². The fourth-order valence-electron chi connectivity index (χ4n) is 2.52. The van der Waals surface area contributed by atoms with Crippen LogP contribution >= 0.6 is 27.5 Å². The predicted molar refractivity (Wildman–Crippen MR) is 79.5 cm³/mol. The third-order valence-electron chi connectivity index (χ3n) is 3.55. The Labute approximate surface area is 131 Å². The van der Waals surface area contributed by atoms with Crippen molar-refractivity contribution in [2.24, 2.45) is 0 Å². The molecular weight excluding hydrogens is 346 g/mol. The lowest BCUT2D eigenvalue weighted by molar-refractivity contribution is -0.129. The first-order valence-electron chi connectivity index (χ1n) is 6.69. The van der Waals surface area contributed by atoms with Crippen LogP contribution in [0.2, 0.25) is 0 Å². The minimum Gasteiger partial charge on any atom is -0.486 e. The number of alkyl halides is 1. The van der Waals surface area contributed by atoms with Gasteiger partial charge in [0.15, 0.2) is 11.5 Å². The summed E-state index contributed by atoms with van der Waals surface area (Å²) in [4.78, 5) is 14.2. The second-order valence-corrected chi connectivity index (χ2v) is 6.21. The Morgan fingerprint density at radius 2 is 1.95 bits per heavy atom. The number of carbonyl (C=O) groups excluding carboxylic acids is 1. The third-order valence-corrected chi connectivity index (χ3v) is 4.57. The molecule has 2 aliphatic heterocycles. The van der Waals surface area contributed by atoms with Gasteiger partial charge in [-0.25, -0.2) is 0 Å². The van der Waals surface area contributed by atoms with Crippen LogP contribution in [0, 0.1) is 0 Å². The SMILES string of the molecule is O=C(C(Cl)c1cc(Br)c2c(c1)OCCO2)N1CCCC1. The standard InChI is InChI=1S/C14H15BrClNO3/c15-10-7-9(8-11-13(10)20-6-5-19-11)12(16)14(18)17-3-1-2-4-17/h7-8,12H,1-6H2. The zero-order valence-corrected chi connectivity index (χ0v) is 13.2. The fraction of sp³-hybridized carbons (Fsp3) is 0.500. The highest BCUT2D eigenvalue weighted by molar-refractivity contribution is 9.10.